The predicted octanol–water partition coefficient (Wildman–Crippen LogP) is 2.60. The Morgan fingerprint density at radius 1 is 1.28 bits per heavy atom. The second-order valence-electron chi connectivity index (χ2n) is 8.89. The molecular formula is C20H29N3O2. The molecule has 0 aromatic carbocycles. The maximum absolute atomic E-state index is 13.4. The third-order valence-electron chi connectivity index (χ3n) is 7.75. The van der Waals surface area contributed by atoms with Crippen LogP contribution < -0.4 is 0 Å². The first-order chi connectivity index (χ1) is 12.2. The first kappa shape index (κ1) is 15.9. The second kappa shape index (κ2) is 5.57. The molecule has 0 radical (unpaired) electrons. The zero-order chi connectivity index (χ0) is 17.1. The maximum atomic E-state index is 13.4. The zero-order valence-corrected chi connectivity index (χ0v) is 15.2. The van der Waals surface area contributed by atoms with E-state index in [2.05, 4.69) is 20.7 Å². The number of methoxy groups -OCH3 is 1. The summed E-state index contributed by atoms with van der Waals surface area (Å²) in [5, 5.41) is 4.51. The summed E-state index contributed by atoms with van der Waals surface area (Å²) >= 11 is 0. The van der Waals surface area contributed by atoms with E-state index in [0.717, 1.165) is 26.1 Å². The number of piperidine rings is 1. The molecule has 6 rings (SSSR count). The quantitative estimate of drug-likeness (QED) is 0.826. The molecular weight excluding hydrogens is 314 g/mol. The van der Waals surface area contributed by atoms with Gasteiger partial charge in [-0.15, -0.1) is 0 Å². The predicted molar refractivity (Wildman–Crippen MR) is 94.1 cm³/mol. The highest BCUT2D eigenvalue weighted by atomic mass is 16.5. The van der Waals surface area contributed by atoms with Crippen LogP contribution in [0.3, 0.4) is 0 Å². The monoisotopic (exact) mass is 343 g/mol. The average Bonchev–Trinajstić information content (AvgIpc) is 3.01. The minimum Gasteiger partial charge on any atom is -0.383 e. The second-order valence-corrected chi connectivity index (χ2v) is 8.89. The number of carbonyl (C=O) groups is 1. The smallest absolute Gasteiger partial charge is 0.226 e. The summed E-state index contributed by atoms with van der Waals surface area (Å²) < 4.78 is 7.32. The van der Waals surface area contributed by atoms with Crippen LogP contribution in [0.4, 0.5) is 0 Å². The van der Waals surface area contributed by atoms with Crippen molar-refractivity contribution in [1.82, 2.24) is 14.7 Å². The molecule has 2 heterocycles. The van der Waals surface area contributed by atoms with Gasteiger partial charge in [0.15, 0.2) is 0 Å². The Labute approximate surface area is 149 Å². The number of carbonyl (C=O) groups excluding carboxylic acids is 1. The third-order valence-corrected chi connectivity index (χ3v) is 7.75. The lowest BCUT2D eigenvalue weighted by Gasteiger charge is -2.49. The topological polar surface area (TPSA) is 47.4 Å². The van der Waals surface area contributed by atoms with E-state index in [1.807, 2.05) is 6.20 Å². The number of amides is 1. The van der Waals surface area contributed by atoms with Crippen LogP contribution in [0.15, 0.2) is 12.3 Å². The van der Waals surface area contributed by atoms with E-state index >= 15 is 0 Å². The van der Waals surface area contributed by atoms with Gasteiger partial charge in [0, 0.05) is 37.5 Å². The van der Waals surface area contributed by atoms with Crippen molar-refractivity contribution in [3.8, 4) is 0 Å². The average molecular weight is 343 g/mol. The standard InChI is InChI=1S/C20H29N3O2/c1-25-13-12-23-16(3-9-21-23)20-4-2-15(14-20)17(20)18(24)22-10-7-19(5-6-19)8-11-22/h3,9,15,17H,2,4-8,10-14H2,1H3. The van der Waals surface area contributed by atoms with Crippen LogP contribution in [0.1, 0.15) is 50.6 Å². The first-order valence-corrected chi connectivity index (χ1v) is 9.98. The van der Waals surface area contributed by atoms with E-state index < -0.39 is 0 Å². The van der Waals surface area contributed by atoms with Crippen molar-refractivity contribution >= 4 is 5.91 Å². The highest BCUT2D eigenvalue weighted by Gasteiger charge is 2.64. The maximum Gasteiger partial charge on any atom is 0.226 e. The van der Waals surface area contributed by atoms with Crippen LogP contribution >= 0.6 is 0 Å². The number of hydrogen-bond acceptors (Lipinski definition) is 3. The van der Waals surface area contributed by atoms with Crippen LogP contribution in [0.5, 0.6) is 0 Å². The summed E-state index contributed by atoms with van der Waals surface area (Å²) in [4.78, 5) is 15.6. The number of rotatable bonds is 5. The third kappa shape index (κ3) is 2.31. The molecule has 0 N–H and O–H groups in total. The van der Waals surface area contributed by atoms with Crippen LogP contribution in [-0.4, -0.2) is 47.4 Å². The van der Waals surface area contributed by atoms with E-state index in [1.54, 1.807) is 7.11 Å². The lowest BCUT2D eigenvalue weighted by Crippen LogP contribution is -2.55. The Morgan fingerprint density at radius 3 is 2.76 bits per heavy atom. The van der Waals surface area contributed by atoms with Crippen molar-refractivity contribution in [2.24, 2.45) is 17.3 Å². The first-order valence-electron chi connectivity index (χ1n) is 9.98. The molecule has 1 aromatic rings. The van der Waals surface area contributed by atoms with Gasteiger partial charge in [0.05, 0.1) is 19.1 Å². The summed E-state index contributed by atoms with van der Waals surface area (Å²) in [6.07, 6.45) is 10.6. The molecule has 5 fully saturated rings. The van der Waals surface area contributed by atoms with Gasteiger partial charge in [-0.3, -0.25) is 9.48 Å². The van der Waals surface area contributed by atoms with Crippen LogP contribution in [0.25, 0.3) is 0 Å². The van der Waals surface area contributed by atoms with E-state index in [1.165, 1.54) is 44.2 Å². The van der Waals surface area contributed by atoms with Crippen LogP contribution in [0.2, 0.25) is 0 Å². The van der Waals surface area contributed by atoms with Gasteiger partial charge >= 0.3 is 0 Å². The molecule has 2 bridgehead atoms. The summed E-state index contributed by atoms with van der Waals surface area (Å²) in [6.45, 7) is 3.42. The van der Waals surface area contributed by atoms with Crippen molar-refractivity contribution in [2.75, 3.05) is 26.8 Å². The van der Waals surface area contributed by atoms with E-state index in [9.17, 15) is 4.79 Å². The van der Waals surface area contributed by atoms with Gasteiger partial charge in [-0.2, -0.15) is 5.10 Å². The van der Waals surface area contributed by atoms with Gasteiger partial charge in [-0.1, -0.05) is 0 Å². The SMILES string of the molecule is COCCn1nccc1C12CCC(C1)C2C(=O)N1CCC2(CC1)CC2. The summed E-state index contributed by atoms with van der Waals surface area (Å²) in [5.41, 5.74) is 1.94. The lowest BCUT2D eigenvalue weighted by atomic mass is 9.58. The van der Waals surface area contributed by atoms with E-state index in [4.69, 9.17) is 4.74 Å². The molecule has 1 saturated heterocycles. The van der Waals surface area contributed by atoms with Gasteiger partial charge < -0.3 is 9.64 Å². The highest BCUT2D eigenvalue weighted by Crippen LogP contribution is 2.64. The Bertz CT molecular complexity index is 666. The molecule has 1 spiro atoms. The summed E-state index contributed by atoms with van der Waals surface area (Å²) in [5.74, 6) is 1.22. The van der Waals surface area contributed by atoms with Crippen LogP contribution in [0, 0.1) is 17.3 Å². The fourth-order valence-corrected chi connectivity index (χ4v) is 5.99. The van der Waals surface area contributed by atoms with Gasteiger partial charge in [0.25, 0.3) is 0 Å². The van der Waals surface area contributed by atoms with Crippen molar-refractivity contribution in [3.63, 3.8) is 0 Å². The molecule has 1 aromatic heterocycles. The van der Waals surface area contributed by atoms with Gasteiger partial charge in [0.2, 0.25) is 5.91 Å². The molecule has 5 nitrogen and oxygen atoms in total. The number of aromatic nitrogens is 2. The fraction of sp³-hybridized carbons (Fsp3) is 0.800. The largest absolute Gasteiger partial charge is 0.383 e. The van der Waals surface area contributed by atoms with Crippen molar-refractivity contribution in [3.05, 3.63) is 18.0 Å². The highest BCUT2D eigenvalue weighted by molar-refractivity contribution is 5.83. The lowest BCUT2D eigenvalue weighted by molar-refractivity contribution is -0.145. The molecule has 3 unspecified atom stereocenters. The fourth-order valence-electron chi connectivity index (χ4n) is 5.99. The molecule has 1 amide bonds. The van der Waals surface area contributed by atoms with Crippen molar-refractivity contribution in [2.45, 2.75) is 56.9 Å². The molecule has 4 aliphatic carbocycles. The molecule has 4 saturated carbocycles. The number of likely N-dealkylation sites (tertiary alicyclic amines) is 1. The Balaban J connectivity index is 1.35. The number of ether oxygens (including phenoxy) is 1. The minimum atomic E-state index is 0.0424. The van der Waals surface area contributed by atoms with Gasteiger partial charge in [-0.25, -0.2) is 0 Å². The van der Waals surface area contributed by atoms with Crippen LogP contribution in [-0.2, 0) is 21.5 Å². The molecule has 5 heteroatoms. The Morgan fingerprint density at radius 2 is 2.08 bits per heavy atom. The molecule has 136 valence electrons. The Hall–Kier alpha value is -1.36. The Kier molecular flexibility index (Phi) is 3.53. The molecule has 25 heavy (non-hydrogen) atoms. The van der Waals surface area contributed by atoms with Gasteiger partial charge in [-0.05, 0) is 62.3 Å². The van der Waals surface area contributed by atoms with E-state index in [-0.39, 0.29) is 11.3 Å². The number of hydrogen-bond donors (Lipinski definition) is 0. The van der Waals surface area contributed by atoms with Crippen molar-refractivity contribution < 1.29 is 9.53 Å². The normalized spacial score (nSPS) is 35.0. The molecule has 1 aliphatic heterocycles. The molecule has 3 atom stereocenters. The van der Waals surface area contributed by atoms with Gasteiger partial charge in [0.1, 0.15) is 0 Å². The van der Waals surface area contributed by atoms with E-state index in [0.29, 0.717) is 23.8 Å². The number of nitrogens with zero attached hydrogens (tertiary/aromatic N) is 3. The summed E-state index contributed by atoms with van der Waals surface area (Å²) in [7, 11) is 1.73. The molecule has 5 aliphatic rings. The zero-order valence-electron chi connectivity index (χ0n) is 15.2. The minimum absolute atomic E-state index is 0.0424. The number of fused-ring (bicyclic) bond motifs is 1. The summed E-state index contributed by atoms with van der Waals surface area (Å²) in [6, 6.07) is 2.15. The van der Waals surface area contributed by atoms with Crippen molar-refractivity contribution in [1.29, 1.82) is 0 Å².